The summed E-state index contributed by atoms with van der Waals surface area (Å²) in [6, 6.07) is -2.64. The third-order valence-electron chi connectivity index (χ3n) is 7.51. The summed E-state index contributed by atoms with van der Waals surface area (Å²) in [5.74, 6) is -1.20. The lowest BCUT2D eigenvalue weighted by Crippen LogP contribution is -2.69. The van der Waals surface area contributed by atoms with E-state index >= 15 is 0 Å². The first-order chi connectivity index (χ1) is 20.9. The summed E-state index contributed by atoms with van der Waals surface area (Å²) in [5, 5.41) is 88.6. The van der Waals surface area contributed by atoms with Crippen LogP contribution in [0.1, 0.15) is 20.3 Å². The van der Waals surface area contributed by atoms with Gasteiger partial charge >= 0.3 is 0 Å². The molecule has 3 aliphatic rings. The molecule has 256 valence electrons. The molecule has 0 aromatic heterocycles. The molecule has 0 aliphatic carbocycles. The molecule has 0 radical (unpaired) electrons. The third-order valence-corrected chi connectivity index (χ3v) is 7.51. The Labute approximate surface area is 252 Å². The van der Waals surface area contributed by atoms with Crippen molar-refractivity contribution < 1.29 is 78.9 Å². The maximum Gasteiger partial charge on any atom is 0.217 e. The van der Waals surface area contributed by atoms with Crippen LogP contribution >= 0.6 is 0 Å². The van der Waals surface area contributed by atoms with Crippen LogP contribution in [-0.2, 0) is 38.0 Å². The van der Waals surface area contributed by atoms with E-state index < -0.39 is 124 Å². The van der Waals surface area contributed by atoms with Crippen LogP contribution in [0.2, 0.25) is 0 Å². The highest BCUT2D eigenvalue weighted by Gasteiger charge is 2.54. The molecule has 6 unspecified atom stereocenters. The van der Waals surface area contributed by atoms with E-state index in [1.165, 1.54) is 6.92 Å². The van der Waals surface area contributed by atoms with Crippen molar-refractivity contribution in [2.45, 2.75) is 112 Å². The summed E-state index contributed by atoms with van der Waals surface area (Å²) in [6.45, 7) is 0.437. The molecule has 2 amide bonds. The smallest absolute Gasteiger partial charge is 0.217 e. The average molecular weight is 644 g/mol. The lowest BCUT2D eigenvalue weighted by molar-refractivity contribution is -0.369. The lowest BCUT2D eigenvalue weighted by atomic mass is 9.94. The van der Waals surface area contributed by atoms with Crippen molar-refractivity contribution in [2.24, 2.45) is 5.73 Å². The van der Waals surface area contributed by atoms with Crippen LogP contribution in [0.3, 0.4) is 0 Å². The summed E-state index contributed by atoms with van der Waals surface area (Å²) >= 11 is 0. The molecule has 44 heavy (non-hydrogen) atoms. The fourth-order valence-corrected chi connectivity index (χ4v) is 5.27. The lowest BCUT2D eigenvalue weighted by Gasteiger charge is -2.49. The Morgan fingerprint density at radius 2 is 1.16 bits per heavy atom. The molecule has 3 rings (SSSR count). The summed E-state index contributed by atoms with van der Waals surface area (Å²) in [7, 11) is 0. The Hall–Kier alpha value is -1.66. The minimum atomic E-state index is -1.91. The van der Waals surface area contributed by atoms with Crippen LogP contribution < -0.4 is 16.4 Å². The molecule has 15 atom stereocenters. The van der Waals surface area contributed by atoms with Crippen molar-refractivity contribution in [1.82, 2.24) is 10.6 Å². The second kappa shape index (κ2) is 16.8. The number of aliphatic hydroxyl groups excluding tert-OH is 8. The topological polar surface area (TPSA) is 301 Å². The van der Waals surface area contributed by atoms with E-state index in [0.29, 0.717) is 13.0 Å². The molecular formula is C25H45N3O16. The van der Waals surface area contributed by atoms with Gasteiger partial charge in [0.05, 0.1) is 26.4 Å². The van der Waals surface area contributed by atoms with Crippen LogP contribution in [0.25, 0.3) is 0 Å². The van der Waals surface area contributed by atoms with Crippen LogP contribution in [-0.4, -0.2) is 178 Å². The van der Waals surface area contributed by atoms with E-state index in [4.69, 9.17) is 34.2 Å². The third kappa shape index (κ3) is 8.57. The molecule has 3 fully saturated rings. The Bertz CT molecular complexity index is 921. The SMILES string of the molecule is CC(=O)NC1[C@H](OCCCN)OC(CO)[C@@H](O[C@@H]2OC(CO)[C@H](O)[C@H](O[C@@H]3OC(CO)[C@H](O)[C@H](O)C3NC(C)=O)C2O)[C@@H]1O. The molecule has 19 heteroatoms. The van der Waals surface area contributed by atoms with E-state index in [1.54, 1.807) is 0 Å². The van der Waals surface area contributed by atoms with Gasteiger partial charge in [0.1, 0.15) is 73.1 Å². The van der Waals surface area contributed by atoms with E-state index in [2.05, 4.69) is 10.6 Å². The molecule has 19 nitrogen and oxygen atoms in total. The minimum Gasteiger partial charge on any atom is -0.394 e. The van der Waals surface area contributed by atoms with E-state index in [9.17, 15) is 50.4 Å². The number of amides is 2. The van der Waals surface area contributed by atoms with Gasteiger partial charge in [0.25, 0.3) is 0 Å². The van der Waals surface area contributed by atoms with Gasteiger partial charge in [0, 0.05) is 13.8 Å². The highest BCUT2D eigenvalue weighted by Crippen LogP contribution is 2.33. The van der Waals surface area contributed by atoms with Crippen molar-refractivity contribution >= 4 is 11.8 Å². The number of aliphatic hydroxyl groups is 8. The van der Waals surface area contributed by atoms with Crippen molar-refractivity contribution in [3.8, 4) is 0 Å². The minimum absolute atomic E-state index is 0.110. The maximum absolute atomic E-state index is 11.9. The molecule has 0 spiro atoms. The van der Waals surface area contributed by atoms with Gasteiger partial charge in [-0.2, -0.15) is 0 Å². The largest absolute Gasteiger partial charge is 0.394 e. The summed E-state index contributed by atoms with van der Waals surface area (Å²) in [6.07, 6.45) is -20.1. The second-order valence-electron chi connectivity index (χ2n) is 10.8. The van der Waals surface area contributed by atoms with Gasteiger partial charge in [-0.25, -0.2) is 0 Å². The van der Waals surface area contributed by atoms with Gasteiger partial charge in [0.2, 0.25) is 11.8 Å². The van der Waals surface area contributed by atoms with Crippen molar-refractivity contribution in [3.63, 3.8) is 0 Å². The molecular weight excluding hydrogens is 598 g/mol. The monoisotopic (exact) mass is 643 g/mol. The first kappa shape index (κ1) is 36.8. The second-order valence-corrected chi connectivity index (χ2v) is 10.8. The number of nitrogens with two attached hydrogens (primary N) is 1. The molecule has 3 heterocycles. The van der Waals surface area contributed by atoms with Gasteiger partial charge < -0.3 is 85.6 Å². The molecule has 0 aromatic carbocycles. The van der Waals surface area contributed by atoms with Crippen LogP contribution in [0, 0.1) is 0 Å². The number of nitrogens with one attached hydrogen (secondary N) is 2. The number of carbonyl (C=O) groups is 2. The highest BCUT2D eigenvalue weighted by atomic mass is 16.7. The zero-order valence-electron chi connectivity index (χ0n) is 24.3. The summed E-state index contributed by atoms with van der Waals surface area (Å²) < 4.78 is 34.1. The van der Waals surface area contributed by atoms with E-state index in [0.717, 1.165) is 6.92 Å². The number of rotatable bonds is 13. The van der Waals surface area contributed by atoms with Crippen molar-refractivity contribution in [3.05, 3.63) is 0 Å². The van der Waals surface area contributed by atoms with Crippen molar-refractivity contribution in [1.29, 1.82) is 0 Å². The van der Waals surface area contributed by atoms with Gasteiger partial charge in [-0.15, -0.1) is 0 Å². The number of ether oxygens (including phenoxy) is 6. The van der Waals surface area contributed by atoms with E-state index in [1.807, 2.05) is 0 Å². The predicted molar refractivity (Wildman–Crippen MR) is 142 cm³/mol. The molecule has 0 bridgehead atoms. The van der Waals surface area contributed by atoms with E-state index in [-0.39, 0.29) is 6.61 Å². The Morgan fingerprint density at radius 1 is 0.659 bits per heavy atom. The zero-order valence-corrected chi connectivity index (χ0v) is 24.3. The molecule has 0 aromatic rings. The standard InChI is InChI=1S/C25H45N3O16/c1-9(32)27-14-18(36)16(34)11(6-29)40-24(14)44-22-17(35)12(7-30)41-25(20(22)38)43-21-13(8-31)42-23(39-5-3-4-26)15(19(21)37)28-10(2)33/h11-25,29-31,34-38H,3-8,26H2,1-2H3,(H,27,32)(H,28,33)/t11?,12?,13?,14?,15?,16-,17-,18+,19+,20?,21+,22-,23+,24-,25-/m0/s1. The molecule has 3 saturated heterocycles. The predicted octanol–water partition coefficient (Wildman–Crippen LogP) is -6.91. The van der Waals surface area contributed by atoms with Gasteiger partial charge in [-0.1, -0.05) is 0 Å². The highest BCUT2D eigenvalue weighted by molar-refractivity contribution is 5.73. The van der Waals surface area contributed by atoms with Crippen LogP contribution in [0.5, 0.6) is 0 Å². The van der Waals surface area contributed by atoms with Crippen LogP contribution in [0.4, 0.5) is 0 Å². The average Bonchev–Trinajstić information content (AvgIpc) is 2.98. The van der Waals surface area contributed by atoms with Crippen LogP contribution in [0.15, 0.2) is 0 Å². The first-order valence-electron chi connectivity index (χ1n) is 14.2. The maximum atomic E-state index is 11.9. The van der Waals surface area contributed by atoms with Gasteiger partial charge in [-0.3, -0.25) is 9.59 Å². The normalized spacial score (nSPS) is 42.9. The Kier molecular flexibility index (Phi) is 14.0. The molecule has 3 aliphatic heterocycles. The summed E-state index contributed by atoms with van der Waals surface area (Å²) in [5.41, 5.74) is 5.49. The van der Waals surface area contributed by atoms with Gasteiger partial charge in [0.15, 0.2) is 18.9 Å². The number of carbonyl (C=O) groups excluding carboxylic acids is 2. The Balaban J connectivity index is 1.85. The number of hydrogen-bond donors (Lipinski definition) is 11. The van der Waals surface area contributed by atoms with Crippen molar-refractivity contribution in [2.75, 3.05) is 33.0 Å². The quantitative estimate of drug-likeness (QED) is 0.0831. The fourth-order valence-electron chi connectivity index (χ4n) is 5.27. The molecule has 0 saturated carbocycles. The fraction of sp³-hybridized carbons (Fsp3) is 0.920. The first-order valence-corrected chi connectivity index (χ1v) is 14.2. The number of hydrogen-bond acceptors (Lipinski definition) is 17. The Morgan fingerprint density at radius 3 is 1.70 bits per heavy atom. The summed E-state index contributed by atoms with van der Waals surface area (Å²) in [4.78, 5) is 23.7. The van der Waals surface area contributed by atoms with Gasteiger partial charge in [-0.05, 0) is 13.0 Å². The zero-order chi connectivity index (χ0) is 32.7. The molecule has 12 N–H and O–H groups in total.